The van der Waals surface area contributed by atoms with Gasteiger partial charge in [0.2, 0.25) is 0 Å². The maximum Gasteiger partial charge on any atom is 0.408 e. The normalized spacial score (nSPS) is 19.8. The number of benzene rings is 2. The molecule has 28 heavy (non-hydrogen) atoms. The van der Waals surface area contributed by atoms with E-state index in [1.807, 2.05) is 54.6 Å². The Morgan fingerprint density at radius 1 is 1.11 bits per heavy atom. The molecular weight excluding hydrogens is 378 g/mol. The molecule has 0 aromatic heterocycles. The summed E-state index contributed by atoms with van der Waals surface area (Å²) in [6.07, 6.45) is 2.84. The van der Waals surface area contributed by atoms with Crippen LogP contribution >= 0.6 is 11.6 Å². The molecule has 3 rings (SSSR count). The largest absolute Gasteiger partial charge is 0.480 e. The molecule has 1 amide bonds. The summed E-state index contributed by atoms with van der Waals surface area (Å²) in [5.74, 6) is -0.871. The van der Waals surface area contributed by atoms with Gasteiger partial charge in [-0.1, -0.05) is 54.1 Å². The van der Waals surface area contributed by atoms with Crippen molar-refractivity contribution in [1.29, 1.82) is 0 Å². The Labute approximate surface area is 169 Å². The van der Waals surface area contributed by atoms with E-state index >= 15 is 0 Å². The number of halogens is 1. The highest BCUT2D eigenvalue weighted by molar-refractivity contribution is 6.30. The number of nitrogens with one attached hydrogen (secondary N) is 1. The van der Waals surface area contributed by atoms with Gasteiger partial charge in [0, 0.05) is 17.4 Å². The summed E-state index contributed by atoms with van der Waals surface area (Å²) in [7, 11) is 0. The summed E-state index contributed by atoms with van der Waals surface area (Å²) in [5.41, 5.74) is 1.95. The highest BCUT2D eigenvalue weighted by Gasteiger charge is 2.31. The van der Waals surface area contributed by atoms with Crippen LogP contribution in [-0.4, -0.2) is 29.3 Å². The molecule has 0 radical (unpaired) electrons. The Kier molecular flexibility index (Phi) is 6.93. The molecule has 1 aliphatic rings. The number of carbonyl (C=O) groups excluding carboxylic acids is 1. The van der Waals surface area contributed by atoms with Gasteiger partial charge in [-0.25, -0.2) is 9.59 Å². The highest BCUT2D eigenvalue weighted by atomic mass is 35.5. The van der Waals surface area contributed by atoms with Crippen molar-refractivity contribution in [3.8, 4) is 0 Å². The van der Waals surface area contributed by atoms with Crippen LogP contribution in [0.15, 0.2) is 54.6 Å². The quantitative estimate of drug-likeness (QED) is 0.717. The van der Waals surface area contributed by atoms with E-state index in [1.165, 1.54) is 0 Å². The average molecular weight is 402 g/mol. The first-order chi connectivity index (χ1) is 13.5. The summed E-state index contributed by atoms with van der Waals surface area (Å²) < 4.78 is 5.60. The zero-order valence-corrected chi connectivity index (χ0v) is 16.3. The molecule has 0 bridgehead atoms. The van der Waals surface area contributed by atoms with Gasteiger partial charge in [-0.3, -0.25) is 0 Å². The molecule has 2 aromatic rings. The van der Waals surface area contributed by atoms with Crippen molar-refractivity contribution in [1.82, 2.24) is 5.32 Å². The fourth-order valence-electron chi connectivity index (χ4n) is 3.72. The second-order valence-electron chi connectivity index (χ2n) is 7.19. The second-order valence-corrected chi connectivity index (χ2v) is 7.63. The van der Waals surface area contributed by atoms with Gasteiger partial charge in [-0.2, -0.15) is 0 Å². The fraction of sp³-hybridized carbons (Fsp3) is 0.364. The number of alkyl carbamates (subject to hydrolysis) is 1. The molecule has 6 heteroatoms. The monoisotopic (exact) mass is 401 g/mol. The number of ether oxygens (including phenoxy) is 1. The van der Waals surface area contributed by atoms with E-state index in [2.05, 4.69) is 5.32 Å². The molecule has 148 valence electrons. The number of hydrogen-bond acceptors (Lipinski definition) is 3. The molecule has 0 saturated heterocycles. The summed E-state index contributed by atoms with van der Waals surface area (Å²) >= 11 is 6.05. The first-order valence-electron chi connectivity index (χ1n) is 9.49. The van der Waals surface area contributed by atoms with Crippen LogP contribution in [0.4, 0.5) is 4.79 Å². The van der Waals surface area contributed by atoms with E-state index in [9.17, 15) is 14.7 Å². The van der Waals surface area contributed by atoms with Gasteiger partial charge in [0.05, 0.1) is 0 Å². The third-order valence-corrected chi connectivity index (χ3v) is 5.34. The predicted molar refractivity (Wildman–Crippen MR) is 107 cm³/mol. The average Bonchev–Trinajstić information content (AvgIpc) is 3.08. The molecule has 1 saturated carbocycles. The van der Waals surface area contributed by atoms with Crippen molar-refractivity contribution in [3.63, 3.8) is 0 Å². The smallest absolute Gasteiger partial charge is 0.408 e. The standard InChI is InChI=1S/C22H24ClNO4/c23-18-10-4-8-16(13-18)12-17-9-5-11-20(17)28-22(27)24-19(21(25)26)14-15-6-2-1-3-7-15/h1-4,6-8,10,13,17,19-20H,5,9,11-12,14H2,(H,24,27)(H,25,26)/t17?,19-,20?/m0/s1. The zero-order valence-electron chi connectivity index (χ0n) is 15.5. The van der Waals surface area contributed by atoms with Crippen LogP contribution in [0.1, 0.15) is 30.4 Å². The molecule has 0 heterocycles. The number of carboxylic acids is 1. The van der Waals surface area contributed by atoms with Crippen LogP contribution in [0, 0.1) is 5.92 Å². The van der Waals surface area contributed by atoms with Crippen LogP contribution in [0.2, 0.25) is 5.02 Å². The summed E-state index contributed by atoms with van der Waals surface area (Å²) in [6, 6.07) is 15.9. The zero-order chi connectivity index (χ0) is 19.9. The highest BCUT2D eigenvalue weighted by Crippen LogP contribution is 2.31. The Morgan fingerprint density at radius 2 is 1.86 bits per heavy atom. The minimum atomic E-state index is -1.08. The summed E-state index contributed by atoms with van der Waals surface area (Å²) in [4.78, 5) is 23.9. The van der Waals surface area contributed by atoms with Gasteiger partial charge in [0.15, 0.2) is 0 Å². The van der Waals surface area contributed by atoms with E-state index in [0.29, 0.717) is 5.02 Å². The Bertz CT molecular complexity index is 811. The second kappa shape index (κ2) is 9.60. The van der Waals surface area contributed by atoms with Crippen molar-refractivity contribution < 1.29 is 19.4 Å². The lowest BCUT2D eigenvalue weighted by atomic mass is 9.96. The number of hydrogen-bond donors (Lipinski definition) is 2. The van der Waals surface area contributed by atoms with Gasteiger partial charge in [-0.15, -0.1) is 0 Å². The van der Waals surface area contributed by atoms with Gasteiger partial charge in [0.1, 0.15) is 12.1 Å². The van der Waals surface area contributed by atoms with Crippen molar-refractivity contribution in [2.75, 3.05) is 0 Å². The first-order valence-corrected chi connectivity index (χ1v) is 9.87. The maximum atomic E-state index is 12.3. The van der Waals surface area contributed by atoms with Crippen LogP contribution in [-0.2, 0) is 22.4 Å². The first kappa shape index (κ1) is 20.2. The van der Waals surface area contributed by atoms with Gasteiger partial charge < -0.3 is 15.2 Å². The SMILES string of the molecule is O=C(N[C@@H](Cc1ccccc1)C(=O)O)OC1CCCC1Cc1cccc(Cl)c1. The molecule has 0 aliphatic heterocycles. The Hall–Kier alpha value is -2.53. The van der Waals surface area contributed by atoms with E-state index in [0.717, 1.165) is 36.8 Å². The summed E-state index contributed by atoms with van der Waals surface area (Å²) in [6.45, 7) is 0. The minimum absolute atomic E-state index is 0.210. The van der Waals surface area contributed by atoms with Crippen molar-refractivity contribution in [2.45, 2.75) is 44.2 Å². The number of amides is 1. The van der Waals surface area contributed by atoms with E-state index < -0.39 is 18.1 Å². The van der Waals surface area contributed by atoms with Crippen LogP contribution in [0.25, 0.3) is 0 Å². The molecule has 1 aliphatic carbocycles. The van der Waals surface area contributed by atoms with E-state index in [-0.39, 0.29) is 18.4 Å². The van der Waals surface area contributed by atoms with Crippen LogP contribution in [0.5, 0.6) is 0 Å². The Balaban J connectivity index is 1.56. The summed E-state index contributed by atoms with van der Waals surface area (Å²) in [5, 5.41) is 12.6. The van der Waals surface area contributed by atoms with Crippen molar-refractivity contribution in [3.05, 3.63) is 70.7 Å². The molecular formula is C22H24ClNO4. The van der Waals surface area contributed by atoms with Gasteiger partial charge in [0.25, 0.3) is 0 Å². The molecule has 2 unspecified atom stereocenters. The molecule has 5 nitrogen and oxygen atoms in total. The third-order valence-electron chi connectivity index (χ3n) is 5.11. The number of carboxylic acid groups (broad SMARTS) is 1. The number of carbonyl (C=O) groups is 2. The maximum absolute atomic E-state index is 12.3. The lowest BCUT2D eigenvalue weighted by molar-refractivity contribution is -0.139. The lowest BCUT2D eigenvalue weighted by Crippen LogP contribution is -2.44. The topological polar surface area (TPSA) is 75.6 Å². The molecule has 1 fully saturated rings. The van der Waals surface area contributed by atoms with Gasteiger partial charge in [-0.05, 0) is 48.9 Å². The van der Waals surface area contributed by atoms with Gasteiger partial charge >= 0.3 is 12.1 Å². The molecule has 2 aromatic carbocycles. The molecule has 2 N–H and O–H groups in total. The minimum Gasteiger partial charge on any atom is -0.480 e. The lowest BCUT2D eigenvalue weighted by Gasteiger charge is -2.22. The van der Waals surface area contributed by atoms with Crippen LogP contribution in [0.3, 0.4) is 0 Å². The molecule has 3 atom stereocenters. The number of rotatable bonds is 7. The third kappa shape index (κ3) is 5.73. The fourth-order valence-corrected chi connectivity index (χ4v) is 3.93. The predicted octanol–water partition coefficient (Wildman–Crippen LogP) is 4.47. The van der Waals surface area contributed by atoms with Crippen molar-refractivity contribution in [2.24, 2.45) is 5.92 Å². The van der Waals surface area contributed by atoms with E-state index in [4.69, 9.17) is 16.3 Å². The van der Waals surface area contributed by atoms with E-state index in [1.54, 1.807) is 0 Å². The van der Waals surface area contributed by atoms with Crippen molar-refractivity contribution >= 4 is 23.7 Å². The Morgan fingerprint density at radius 3 is 2.57 bits per heavy atom. The number of aliphatic carboxylic acids is 1. The molecule has 0 spiro atoms. The van der Waals surface area contributed by atoms with Crippen LogP contribution < -0.4 is 5.32 Å².